The Labute approximate surface area is 91.4 Å². The van der Waals surface area contributed by atoms with Crippen molar-refractivity contribution in [1.82, 2.24) is 0 Å². The summed E-state index contributed by atoms with van der Waals surface area (Å²) in [7, 11) is 0. The van der Waals surface area contributed by atoms with Crippen LogP contribution in [-0.4, -0.2) is 92.8 Å². The van der Waals surface area contributed by atoms with Crippen LogP contribution in [0.25, 0.3) is 0 Å². The van der Waals surface area contributed by atoms with Crippen LogP contribution in [0.5, 0.6) is 0 Å². The average molecular weight is 61.8 g/mol. The number of hydrogen-bond acceptors (Lipinski definition) is 0. The van der Waals surface area contributed by atoms with Gasteiger partial charge in [-0.25, -0.2) is 0 Å². The van der Waals surface area contributed by atoms with Crippen molar-refractivity contribution in [1.29, 1.82) is 0 Å². The summed E-state index contributed by atoms with van der Waals surface area (Å²) < 4.78 is 0. The molecular weight excluding hydrogens is 54.7 g/mol. The van der Waals surface area contributed by atoms with Crippen LogP contribution in [-0.2, 0) is 0 Å². The van der Waals surface area contributed by atoms with Crippen LogP contribution in [0.4, 0.5) is 0 Å². The molecule has 0 aromatic carbocycles. The maximum atomic E-state index is 0. The van der Waals surface area contributed by atoms with E-state index in [1.165, 1.54) is 0 Å². The van der Waals surface area contributed by atoms with Crippen molar-refractivity contribution in [3.05, 3.63) is 0 Å². The van der Waals surface area contributed by atoms with E-state index in [1.807, 2.05) is 0 Å². The molecule has 0 unspecified atom stereocenters. The Morgan fingerprint density at radius 3 is 0.400 bits per heavy atom. The molecule has 0 radical (unpaired) electrons. The fourth-order valence-electron chi connectivity index (χ4n) is 0. The van der Waals surface area contributed by atoms with E-state index in [0.717, 1.165) is 0 Å². The third-order valence-corrected chi connectivity index (χ3v) is 0. The van der Waals surface area contributed by atoms with Gasteiger partial charge in [-0.1, -0.05) is 0 Å². The zero-order chi connectivity index (χ0) is 0. The molecule has 0 atom stereocenters. The van der Waals surface area contributed by atoms with Gasteiger partial charge in [-0.15, -0.1) is 0 Å². The summed E-state index contributed by atoms with van der Waals surface area (Å²) in [5.74, 6) is 0. The number of rotatable bonds is 0. The van der Waals surface area contributed by atoms with E-state index in [-0.39, 0.29) is 92.8 Å². The quantitative estimate of drug-likeness (QED) is 0.252. The molecule has 0 rings (SSSR count). The molecular formula is H7AlLi4. The Bertz CT molecular complexity index is 3.61. The summed E-state index contributed by atoms with van der Waals surface area (Å²) in [5.41, 5.74) is 0. The summed E-state index contributed by atoms with van der Waals surface area (Å²) in [5, 5.41) is 0. The first kappa shape index (κ1) is 44.5. The third-order valence-electron chi connectivity index (χ3n) is 0. The average Bonchev–Trinajstić information content (AvgIpc) is 0. The Balaban J connectivity index is 0. The molecule has 0 bridgehead atoms. The van der Waals surface area contributed by atoms with Crippen molar-refractivity contribution in [2.45, 2.75) is 0 Å². The topological polar surface area (TPSA) is 0 Å². The fourth-order valence-corrected chi connectivity index (χ4v) is 0. The standard InChI is InChI=1S/Al.4Li.7H. The van der Waals surface area contributed by atoms with Gasteiger partial charge >= 0.3 is 75.4 Å². The predicted octanol–water partition coefficient (Wildman–Crippen LogP) is -3.78. The van der Waals surface area contributed by atoms with E-state index in [0.29, 0.717) is 0 Å². The van der Waals surface area contributed by atoms with Crippen molar-refractivity contribution in [3.8, 4) is 0 Å². The molecule has 5 heteroatoms. The van der Waals surface area contributed by atoms with Crippen LogP contribution < -0.4 is 0 Å². The minimum absolute atomic E-state index is 0. The van der Waals surface area contributed by atoms with Crippen LogP contribution in [0.2, 0.25) is 0 Å². The summed E-state index contributed by atoms with van der Waals surface area (Å²) in [6, 6.07) is 0. The second-order valence-corrected chi connectivity index (χ2v) is 0. The van der Waals surface area contributed by atoms with E-state index < -0.39 is 0 Å². The van der Waals surface area contributed by atoms with Crippen LogP contribution in [0.15, 0.2) is 0 Å². The zero-order valence-corrected chi connectivity index (χ0v) is 0. The Kier molecular flexibility index (Phi) is 253. The molecule has 0 heterocycles. The van der Waals surface area contributed by atoms with Gasteiger partial charge in [0.2, 0.25) is 0 Å². The minimum atomic E-state index is 0. The monoisotopic (exact) mass is 62.1 g/mol. The van der Waals surface area contributed by atoms with E-state index in [4.69, 9.17) is 0 Å². The normalized spacial score (nSPS) is 0. The Morgan fingerprint density at radius 1 is 0.400 bits per heavy atom. The molecule has 0 aromatic heterocycles. The van der Waals surface area contributed by atoms with Crippen molar-refractivity contribution < 1.29 is 0 Å². The van der Waals surface area contributed by atoms with Crippen LogP contribution in [0.1, 0.15) is 0 Å². The first-order valence-electron chi connectivity index (χ1n) is 0. The second kappa shape index (κ2) is 28.4. The van der Waals surface area contributed by atoms with Gasteiger partial charge in [0.25, 0.3) is 0 Å². The van der Waals surface area contributed by atoms with Gasteiger partial charge < -0.3 is 0 Å². The summed E-state index contributed by atoms with van der Waals surface area (Å²) in [6.45, 7) is 0. The van der Waals surface area contributed by atoms with Crippen molar-refractivity contribution >= 4 is 92.8 Å². The third kappa shape index (κ3) is 19.6. The predicted molar refractivity (Wildman–Crippen MR) is 38.5 cm³/mol. The molecule has 0 aromatic rings. The van der Waals surface area contributed by atoms with E-state index in [9.17, 15) is 0 Å². The van der Waals surface area contributed by atoms with Crippen LogP contribution in [0, 0.1) is 0 Å². The molecule has 5 heavy (non-hydrogen) atoms. The van der Waals surface area contributed by atoms with E-state index >= 15 is 0 Å². The van der Waals surface area contributed by atoms with Gasteiger partial charge in [-0.3, -0.25) is 0 Å². The Hall–Kier alpha value is 2.92. The van der Waals surface area contributed by atoms with Gasteiger partial charge in [0.1, 0.15) is 0 Å². The van der Waals surface area contributed by atoms with Gasteiger partial charge in [0, 0.05) is 0 Å². The fraction of sp³-hybridized carbons (Fsp3) is 0. The molecule has 0 saturated carbocycles. The van der Waals surface area contributed by atoms with Gasteiger partial charge in [0.05, 0.1) is 0 Å². The summed E-state index contributed by atoms with van der Waals surface area (Å²) >= 11 is 0. The molecule has 0 fully saturated rings. The first-order valence-corrected chi connectivity index (χ1v) is 0. The van der Waals surface area contributed by atoms with Crippen molar-refractivity contribution in [2.75, 3.05) is 0 Å². The molecule has 0 aliphatic carbocycles. The van der Waals surface area contributed by atoms with Gasteiger partial charge in [-0.2, -0.15) is 0 Å². The molecule has 0 amide bonds. The van der Waals surface area contributed by atoms with Crippen molar-refractivity contribution in [3.63, 3.8) is 0 Å². The number of hydrogen-bond donors (Lipinski definition) is 0. The van der Waals surface area contributed by atoms with Crippen molar-refractivity contribution in [2.24, 2.45) is 0 Å². The zero-order valence-electron chi connectivity index (χ0n) is 0. The molecule has 0 aliphatic heterocycles. The van der Waals surface area contributed by atoms with Crippen LogP contribution >= 0.6 is 0 Å². The second-order valence-electron chi connectivity index (χ2n) is 0. The molecule has 0 aliphatic rings. The van der Waals surface area contributed by atoms with Gasteiger partial charge in [0.15, 0.2) is 17.4 Å². The van der Waals surface area contributed by atoms with E-state index in [1.54, 1.807) is 0 Å². The molecule has 0 saturated heterocycles. The van der Waals surface area contributed by atoms with Gasteiger partial charge in [-0.05, 0) is 0 Å². The first-order chi connectivity index (χ1) is 0. The molecule has 0 nitrogen and oxygen atoms in total. The summed E-state index contributed by atoms with van der Waals surface area (Å²) in [4.78, 5) is 0. The maximum absolute atomic E-state index is 0. The molecule has 0 N–H and O–H groups in total. The van der Waals surface area contributed by atoms with Crippen LogP contribution in [0.3, 0.4) is 0 Å². The Morgan fingerprint density at radius 2 is 0.400 bits per heavy atom. The molecule has 0 spiro atoms. The SMILES string of the molecule is [AlH3].[LiH].[LiH].[LiH].[LiH]. The summed E-state index contributed by atoms with van der Waals surface area (Å²) in [6.07, 6.45) is 0. The molecule has 14 valence electrons. The van der Waals surface area contributed by atoms with E-state index in [2.05, 4.69) is 0 Å².